The quantitative estimate of drug-likeness (QED) is 0.692. The highest BCUT2D eigenvalue weighted by molar-refractivity contribution is 9.10. The van der Waals surface area contributed by atoms with Crippen molar-refractivity contribution in [2.45, 2.75) is 10.6 Å². The van der Waals surface area contributed by atoms with Gasteiger partial charge >= 0.3 is 0 Å². The summed E-state index contributed by atoms with van der Waals surface area (Å²) >= 11 is 5.00. The fraction of sp³-hybridized carbons (Fsp3) is 0.0667. The zero-order valence-electron chi connectivity index (χ0n) is 10.9. The van der Waals surface area contributed by atoms with Gasteiger partial charge in [0.05, 0.1) is 5.75 Å². The summed E-state index contributed by atoms with van der Waals surface area (Å²) in [6.45, 7) is 0. The van der Waals surface area contributed by atoms with Gasteiger partial charge in [-0.2, -0.15) is 4.98 Å². The van der Waals surface area contributed by atoms with Crippen molar-refractivity contribution in [1.82, 2.24) is 10.1 Å². The average Bonchev–Trinajstić information content (AvgIpc) is 2.96. The molecule has 0 radical (unpaired) electrons. The number of hydrogen-bond donors (Lipinski definition) is 1. The first kappa shape index (κ1) is 14.2. The number of nitrogens with zero attached hydrogens (tertiary/aromatic N) is 2. The van der Waals surface area contributed by atoms with Crippen LogP contribution in [0.5, 0.6) is 5.75 Å². The highest BCUT2D eigenvalue weighted by Crippen LogP contribution is 2.25. The molecular formula is C15H11BrN2O2S. The minimum Gasteiger partial charge on any atom is -0.508 e. The van der Waals surface area contributed by atoms with E-state index < -0.39 is 0 Å². The fourth-order valence-electron chi connectivity index (χ4n) is 1.75. The molecule has 1 heterocycles. The van der Waals surface area contributed by atoms with Crippen LogP contribution in [0.2, 0.25) is 0 Å². The van der Waals surface area contributed by atoms with Crippen molar-refractivity contribution in [3.8, 4) is 17.1 Å². The maximum Gasteiger partial charge on any atom is 0.237 e. The van der Waals surface area contributed by atoms with Gasteiger partial charge in [0.2, 0.25) is 11.7 Å². The van der Waals surface area contributed by atoms with Gasteiger partial charge in [-0.3, -0.25) is 0 Å². The molecule has 6 heteroatoms. The third-order valence-corrected chi connectivity index (χ3v) is 4.24. The molecule has 21 heavy (non-hydrogen) atoms. The van der Waals surface area contributed by atoms with Crippen LogP contribution in [0.3, 0.4) is 0 Å². The lowest BCUT2D eigenvalue weighted by Gasteiger charge is -1.98. The van der Waals surface area contributed by atoms with Gasteiger partial charge in [0.1, 0.15) is 5.75 Å². The number of aromatic hydroxyl groups is 1. The maximum atomic E-state index is 9.24. The number of thioether (sulfide) groups is 1. The van der Waals surface area contributed by atoms with Crippen LogP contribution in [-0.4, -0.2) is 15.2 Å². The lowest BCUT2D eigenvalue weighted by molar-refractivity contribution is 0.391. The van der Waals surface area contributed by atoms with E-state index >= 15 is 0 Å². The van der Waals surface area contributed by atoms with E-state index in [1.165, 1.54) is 0 Å². The van der Waals surface area contributed by atoms with E-state index in [9.17, 15) is 5.11 Å². The summed E-state index contributed by atoms with van der Waals surface area (Å²) in [7, 11) is 0. The van der Waals surface area contributed by atoms with Gasteiger partial charge in [-0.15, -0.1) is 11.8 Å². The smallest absolute Gasteiger partial charge is 0.237 e. The lowest BCUT2D eigenvalue weighted by Crippen LogP contribution is -1.83. The Labute approximate surface area is 134 Å². The molecule has 0 aliphatic heterocycles. The van der Waals surface area contributed by atoms with Crippen LogP contribution in [0.25, 0.3) is 11.4 Å². The van der Waals surface area contributed by atoms with Crippen molar-refractivity contribution in [3.05, 3.63) is 58.9 Å². The molecule has 3 rings (SSSR count). The van der Waals surface area contributed by atoms with Gasteiger partial charge in [-0.25, -0.2) is 0 Å². The van der Waals surface area contributed by atoms with Crippen LogP contribution in [0.15, 0.2) is 62.4 Å². The lowest BCUT2D eigenvalue weighted by atomic mass is 10.2. The minimum atomic E-state index is 0.258. The second-order valence-corrected chi connectivity index (χ2v) is 6.27. The topological polar surface area (TPSA) is 59.2 Å². The molecule has 0 aliphatic carbocycles. The van der Waals surface area contributed by atoms with E-state index in [0.29, 0.717) is 17.5 Å². The molecular weight excluding hydrogens is 352 g/mol. The number of aromatic nitrogens is 2. The number of halogens is 1. The van der Waals surface area contributed by atoms with Crippen LogP contribution >= 0.6 is 27.7 Å². The minimum absolute atomic E-state index is 0.258. The van der Waals surface area contributed by atoms with Crippen molar-refractivity contribution in [2.75, 3.05) is 0 Å². The first-order valence-electron chi connectivity index (χ1n) is 6.21. The Morgan fingerprint density at radius 3 is 2.71 bits per heavy atom. The normalized spacial score (nSPS) is 10.7. The number of phenols is 1. The molecule has 0 atom stereocenters. The fourth-order valence-corrected chi connectivity index (χ4v) is 2.88. The van der Waals surface area contributed by atoms with Gasteiger partial charge in [-0.05, 0) is 36.4 Å². The summed E-state index contributed by atoms with van der Waals surface area (Å²) in [6, 6.07) is 14.8. The third-order valence-electron chi connectivity index (χ3n) is 2.75. The van der Waals surface area contributed by atoms with E-state index in [1.54, 1.807) is 23.9 Å². The van der Waals surface area contributed by atoms with Crippen LogP contribution in [0.1, 0.15) is 5.89 Å². The molecule has 2 aromatic carbocycles. The Morgan fingerprint density at radius 2 is 1.95 bits per heavy atom. The first-order valence-corrected chi connectivity index (χ1v) is 7.99. The summed E-state index contributed by atoms with van der Waals surface area (Å²) in [5.41, 5.74) is 0.911. The highest BCUT2D eigenvalue weighted by atomic mass is 79.9. The Bertz CT molecular complexity index is 743. The number of phenolic OH excluding ortho intramolecular Hbond substituents is 1. The molecule has 0 saturated heterocycles. The van der Waals surface area contributed by atoms with E-state index in [0.717, 1.165) is 14.9 Å². The van der Waals surface area contributed by atoms with Crippen LogP contribution in [0.4, 0.5) is 0 Å². The molecule has 106 valence electrons. The Morgan fingerprint density at radius 1 is 1.14 bits per heavy atom. The molecule has 1 N–H and O–H groups in total. The van der Waals surface area contributed by atoms with Gasteiger partial charge in [0, 0.05) is 14.9 Å². The van der Waals surface area contributed by atoms with Crippen molar-refractivity contribution in [1.29, 1.82) is 0 Å². The summed E-state index contributed by atoms with van der Waals surface area (Å²) in [5.74, 6) is 2.00. The molecule has 0 aliphatic rings. The van der Waals surface area contributed by atoms with Crippen LogP contribution in [0, 0.1) is 0 Å². The van der Waals surface area contributed by atoms with Crippen molar-refractivity contribution < 1.29 is 9.63 Å². The highest BCUT2D eigenvalue weighted by Gasteiger charge is 2.09. The van der Waals surface area contributed by atoms with Crippen LogP contribution in [-0.2, 0) is 5.75 Å². The van der Waals surface area contributed by atoms with Crippen LogP contribution < -0.4 is 0 Å². The summed E-state index contributed by atoms with van der Waals surface area (Å²) in [5, 5.41) is 13.2. The predicted octanol–water partition coefficient (Wildman–Crippen LogP) is 4.50. The Hall–Kier alpha value is -1.79. The Balaban J connectivity index is 1.69. The average molecular weight is 363 g/mol. The van der Waals surface area contributed by atoms with Gasteiger partial charge in [0.15, 0.2) is 0 Å². The SMILES string of the molecule is Oc1ccc(SCc2nc(-c3cccc(Br)c3)no2)cc1. The second-order valence-electron chi connectivity index (χ2n) is 4.30. The molecule has 0 amide bonds. The number of rotatable bonds is 4. The zero-order chi connectivity index (χ0) is 14.7. The summed E-state index contributed by atoms with van der Waals surface area (Å²) in [6.07, 6.45) is 0. The largest absolute Gasteiger partial charge is 0.508 e. The summed E-state index contributed by atoms with van der Waals surface area (Å²) < 4.78 is 6.23. The van der Waals surface area contributed by atoms with E-state index in [2.05, 4.69) is 26.1 Å². The third kappa shape index (κ3) is 3.65. The van der Waals surface area contributed by atoms with Crippen molar-refractivity contribution in [2.24, 2.45) is 0 Å². The van der Waals surface area contributed by atoms with Gasteiger partial charge < -0.3 is 9.63 Å². The Kier molecular flexibility index (Phi) is 4.26. The predicted molar refractivity (Wildman–Crippen MR) is 85.1 cm³/mol. The molecule has 0 bridgehead atoms. The molecule has 1 aromatic heterocycles. The molecule has 4 nitrogen and oxygen atoms in total. The monoisotopic (exact) mass is 362 g/mol. The molecule has 0 saturated carbocycles. The standard InChI is InChI=1S/C15H11BrN2O2S/c16-11-3-1-2-10(8-11)15-17-14(20-18-15)9-21-13-6-4-12(19)5-7-13/h1-8,19H,9H2. The van der Waals surface area contributed by atoms with Crippen molar-refractivity contribution in [3.63, 3.8) is 0 Å². The number of hydrogen-bond acceptors (Lipinski definition) is 5. The van der Waals surface area contributed by atoms with E-state index in [1.807, 2.05) is 36.4 Å². The zero-order valence-corrected chi connectivity index (χ0v) is 13.3. The van der Waals surface area contributed by atoms with E-state index in [4.69, 9.17) is 4.52 Å². The first-order chi connectivity index (χ1) is 10.2. The number of benzene rings is 2. The molecule has 0 fully saturated rings. The van der Waals surface area contributed by atoms with E-state index in [-0.39, 0.29) is 5.75 Å². The van der Waals surface area contributed by atoms with Crippen molar-refractivity contribution >= 4 is 27.7 Å². The molecule has 0 spiro atoms. The second kappa shape index (κ2) is 6.32. The van der Waals surface area contributed by atoms with Gasteiger partial charge in [0.25, 0.3) is 0 Å². The summed E-state index contributed by atoms with van der Waals surface area (Å²) in [4.78, 5) is 5.42. The molecule has 0 unspecified atom stereocenters. The van der Waals surface area contributed by atoms with Gasteiger partial charge in [-0.1, -0.05) is 33.2 Å². The maximum absolute atomic E-state index is 9.24. The molecule has 3 aromatic rings.